The van der Waals surface area contributed by atoms with Crippen molar-refractivity contribution >= 4 is 17.4 Å². The molecule has 0 unspecified atom stereocenters. The third-order valence-electron chi connectivity index (χ3n) is 1.46. The zero-order valence-corrected chi connectivity index (χ0v) is 8.17. The zero-order chi connectivity index (χ0) is 10.2. The Morgan fingerprint density at radius 1 is 1.43 bits per heavy atom. The first kappa shape index (κ1) is 10.4. The molecule has 0 atom stereocenters. The van der Waals surface area contributed by atoms with E-state index in [0.29, 0.717) is 6.54 Å². The number of hydrazine groups is 1. The van der Waals surface area contributed by atoms with Gasteiger partial charge in [0.2, 0.25) is 0 Å². The molecule has 1 rings (SSSR count). The van der Waals surface area contributed by atoms with Crippen LogP contribution in [0.15, 0.2) is 30.3 Å². The Kier molecular flexibility index (Phi) is 4.41. The standard InChI is InChI=1S/C9H9N3OS/c10-7-13-9(14)12-11-6-8-4-2-1-3-5-8/h1-5,11H,6H2,(H,12,14). The third-order valence-corrected chi connectivity index (χ3v) is 1.65. The summed E-state index contributed by atoms with van der Waals surface area (Å²) >= 11 is 4.65. The molecule has 1 aromatic carbocycles. The summed E-state index contributed by atoms with van der Waals surface area (Å²) in [5, 5.41) is 8.14. The van der Waals surface area contributed by atoms with E-state index in [4.69, 9.17) is 5.26 Å². The van der Waals surface area contributed by atoms with Gasteiger partial charge in [0.1, 0.15) is 0 Å². The van der Waals surface area contributed by atoms with E-state index in [1.165, 1.54) is 6.26 Å². The highest BCUT2D eigenvalue weighted by Gasteiger charge is 1.94. The molecule has 0 aliphatic rings. The summed E-state index contributed by atoms with van der Waals surface area (Å²) in [7, 11) is 0. The van der Waals surface area contributed by atoms with Crippen LogP contribution < -0.4 is 10.9 Å². The van der Waals surface area contributed by atoms with E-state index in [1.807, 2.05) is 30.3 Å². The first-order chi connectivity index (χ1) is 6.83. The molecule has 0 saturated carbocycles. The van der Waals surface area contributed by atoms with Crippen molar-refractivity contribution < 1.29 is 4.74 Å². The van der Waals surface area contributed by atoms with Crippen molar-refractivity contribution in [2.75, 3.05) is 0 Å². The van der Waals surface area contributed by atoms with E-state index < -0.39 is 0 Å². The number of hydrogen-bond acceptors (Lipinski definition) is 4. The molecule has 0 radical (unpaired) electrons. The van der Waals surface area contributed by atoms with Crippen LogP contribution in [0.3, 0.4) is 0 Å². The second kappa shape index (κ2) is 5.91. The molecule has 0 spiro atoms. The lowest BCUT2D eigenvalue weighted by Gasteiger charge is -2.05. The van der Waals surface area contributed by atoms with Crippen molar-refractivity contribution in [3.63, 3.8) is 0 Å². The normalized spacial score (nSPS) is 8.79. The molecule has 5 heteroatoms. The van der Waals surface area contributed by atoms with Crippen molar-refractivity contribution in [2.24, 2.45) is 0 Å². The molecule has 0 amide bonds. The van der Waals surface area contributed by atoms with Gasteiger partial charge in [-0.3, -0.25) is 5.43 Å². The van der Waals surface area contributed by atoms with Crippen LogP contribution in [0.5, 0.6) is 0 Å². The first-order valence-corrected chi connectivity index (χ1v) is 4.36. The van der Waals surface area contributed by atoms with Crippen molar-refractivity contribution in [2.45, 2.75) is 6.54 Å². The molecule has 0 aliphatic heterocycles. The number of nitrogens with zero attached hydrogens (tertiary/aromatic N) is 1. The number of ether oxygens (including phenoxy) is 1. The number of nitriles is 1. The van der Waals surface area contributed by atoms with E-state index in [-0.39, 0.29) is 5.17 Å². The van der Waals surface area contributed by atoms with Crippen molar-refractivity contribution in [1.82, 2.24) is 10.9 Å². The van der Waals surface area contributed by atoms with Crippen LogP contribution in [0.2, 0.25) is 0 Å². The molecule has 0 fully saturated rings. The average Bonchev–Trinajstić information content (AvgIpc) is 2.20. The summed E-state index contributed by atoms with van der Waals surface area (Å²) in [5.74, 6) is 0. The molecule has 0 heterocycles. The number of nitrogens with one attached hydrogen (secondary N) is 2. The van der Waals surface area contributed by atoms with Crippen LogP contribution in [-0.4, -0.2) is 5.17 Å². The molecule has 0 bridgehead atoms. The van der Waals surface area contributed by atoms with Crippen LogP contribution in [-0.2, 0) is 11.3 Å². The van der Waals surface area contributed by atoms with Gasteiger partial charge >= 0.3 is 0 Å². The van der Waals surface area contributed by atoms with Gasteiger partial charge in [-0.15, -0.1) is 5.26 Å². The Balaban J connectivity index is 2.23. The molecule has 2 N–H and O–H groups in total. The van der Waals surface area contributed by atoms with Gasteiger partial charge in [-0.25, -0.2) is 5.43 Å². The molecule has 0 aromatic heterocycles. The Labute approximate surface area is 87.5 Å². The molecule has 0 aliphatic carbocycles. The average molecular weight is 207 g/mol. The van der Waals surface area contributed by atoms with E-state index in [2.05, 4.69) is 27.8 Å². The topological polar surface area (TPSA) is 57.1 Å². The van der Waals surface area contributed by atoms with Gasteiger partial charge in [0.15, 0.2) is 0 Å². The van der Waals surface area contributed by atoms with Crippen molar-refractivity contribution in [3.8, 4) is 6.26 Å². The van der Waals surface area contributed by atoms with Crippen LogP contribution >= 0.6 is 12.2 Å². The fourth-order valence-electron chi connectivity index (χ4n) is 0.881. The van der Waals surface area contributed by atoms with Crippen LogP contribution in [0.25, 0.3) is 0 Å². The number of hydrogen-bond donors (Lipinski definition) is 2. The Bertz CT molecular complexity index is 334. The van der Waals surface area contributed by atoms with Gasteiger partial charge in [0.25, 0.3) is 11.4 Å². The maximum atomic E-state index is 8.13. The Hall–Kier alpha value is -1.64. The number of benzene rings is 1. The first-order valence-electron chi connectivity index (χ1n) is 3.95. The highest BCUT2D eigenvalue weighted by molar-refractivity contribution is 7.80. The molecule has 0 saturated heterocycles. The molecule has 4 nitrogen and oxygen atoms in total. The fraction of sp³-hybridized carbons (Fsp3) is 0.111. The van der Waals surface area contributed by atoms with Gasteiger partial charge in [-0.2, -0.15) is 0 Å². The van der Waals surface area contributed by atoms with Crippen LogP contribution in [0.1, 0.15) is 5.56 Å². The Morgan fingerprint density at radius 2 is 2.14 bits per heavy atom. The summed E-state index contributed by atoms with van der Waals surface area (Å²) in [6.45, 7) is 0.607. The van der Waals surface area contributed by atoms with Crippen LogP contribution in [0, 0.1) is 11.5 Å². The monoisotopic (exact) mass is 207 g/mol. The minimum atomic E-state index is 0.0171. The number of thiocarbonyl (C=S) groups is 1. The Morgan fingerprint density at radius 3 is 2.79 bits per heavy atom. The fourth-order valence-corrected chi connectivity index (χ4v) is 0.991. The van der Waals surface area contributed by atoms with Crippen LogP contribution in [0.4, 0.5) is 0 Å². The minimum Gasteiger partial charge on any atom is -0.357 e. The molecule has 72 valence electrons. The SMILES string of the molecule is N#COC(=S)NNCc1ccccc1. The lowest BCUT2D eigenvalue weighted by Crippen LogP contribution is -2.36. The summed E-state index contributed by atoms with van der Waals surface area (Å²) in [5.41, 5.74) is 6.50. The molecule has 1 aromatic rings. The minimum absolute atomic E-state index is 0.0171. The molecular formula is C9H9N3OS. The second-order valence-electron chi connectivity index (χ2n) is 2.44. The highest BCUT2D eigenvalue weighted by atomic mass is 32.1. The predicted octanol–water partition coefficient (Wildman–Crippen LogP) is 1.06. The maximum Gasteiger partial charge on any atom is 0.294 e. The van der Waals surface area contributed by atoms with E-state index in [1.54, 1.807) is 0 Å². The summed E-state index contributed by atoms with van der Waals surface area (Å²) in [6, 6.07) is 9.79. The largest absolute Gasteiger partial charge is 0.357 e. The summed E-state index contributed by atoms with van der Waals surface area (Å²) < 4.78 is 4.34. The van der Waals surface area contributed by atoms with Crippen molar-refractivity contribution in [1.29, 1.82) is 5.26 Å². The quantitative estimate of drug-likeness (QED) is 0.441. The lowest BCUT2D eigenvalue weighted by molar-refractivity contribution is 0.461. The summed E-state index contributed by atoms with van der Waals surface area (Å²) in [6.07, 6.45) is 1.47. The maximum absolute atomic E-state index is 8.13. The number of rotatable bonds is 3. The van der Waals surface area contributed by atoms with E-state index >= 15 is 0 Å². The third kappa shape index (κ3) is 3.85. The second-order valence-corrected chi connectivity index (χ2v) is 2.82. The van der Waals surface area contributed by atoms with E-state index in [0.717, 1.165) is 5.56 Å². The van der Waals surface area contributed by atoms with Gasteiger partial charge in [-0.05, 0) is 17.8 Å². The highest BCUT2D eigenvalue weighted by Crippen LogP contribution is 1.95. The van der Waals surface area contributed by atoms with Gasteiger partial charge < -0.3 is 4.74 Å². The lowest BCUT2D eigenvalue weighted by atomic mass is 10.2. The van der Waals surface area contributed by atoms with Gasteiger partial charge in [0, 0.05) is 6.54 Å². The molecule has 14 heavy (non-hydrogen) atoms. The smallest absolute Gasteiger partial charge is 0.294 e. The predicted molar refractivity (Wildman–Crippen MR) is 55.7 cm³/mol. The van der Waals surface area contributed by atoms with Gasteiger partial charge in [-0.1, -0.05) is 30.3 Å². The molecular weight excluding hydrogens is 198 g/mol. The van der Waals surface area contributed by atoms with Crippen molar-refractivity contribution in [3.05, 3.63) is 35.9 Å². The zero-order valence-electron chi connectivity index (χ0n) is 7.36. The summed E-state index contributed by atoms with van der Waals surface area (Å²) in [4.78, 5) is 0. The van der Waals surface area contributed by atoms with Gasteiger partial charge in [0.05, 0.1) is 0 Å². The van der Waals surface area contributed by atoms with E-state index in [9.17, 15) is 0 Å².